The Morgan fingerprint density at radius 1 is 0.429 bits per heavy atom. The van der Waals surface area contributed by atoms with Gasteiger partial charge in [-0.05, 0) is 128 Å². The summed E-state index contributed by atoms with van der Waals surface area (Å²) in [5.41, 5.74) is 1.59. The van der Waals surface area contributed by atoms with Crippen molar-refractivity contribution < 1.29 is 28.7 Å². The number of benzene rings is 3. The fourth-order valence-electron chi connectivity index (χ4n) is 4.83. The minimum Gasteiger partial charge on any atom is -0.423 e. The van der Waals surface area contributed by atoms with Crippen molar-refractivity contribution in [3.05, 3.63) is 95.1 Å². The molecule has 8 heteroatoms. The Morgan fingerprint density at radius 2 is 0.667 bits per heavy atom. The summed E-state index contributed by atoms with van der Waals surface area (Å²) >= 11 is 0. The highest BCUT2D eigenvalue weighted by Gasteiger charge is 2.23. The molecule has 0 spiro atoms. The quantitative estimate of drug-likeness (QED) is 0.200. The van der Waals surface area contributed by atoms with Crippen LogP contribution in [0.1, 0.15) is 96.8 Å². The van der Waals surface area contributed by atoms with E-state index in [0.717, 1.165) is 0 Å². The maximum Gasteiger partial charge on any atom is 0.343 e. The van der Waals surface area contributed by atoms with Crippen LogP contribution in [0.15, 0.2) is 72.8 Å². The number of hydrogen-bond acceptors (Lipinski definition) is 6. The first-order valence-corrected chi connectivity index (χ1v) is 14.2. The average Bonchev–Trinajstić information content (AvgIpc) is 2.93. The molecule has 2 amide bonds. The van der Waals surface area contributed by atoms with Crippen LogP contribution in [0.4, 0.5) is 0 Å². The molecule has 0 bridgehead atoms. The van der Waals surface area contributed by atoms with Crippen LogP contribution < -0.4 is 9.47 Å². The van der Waals surface area contributed by atoms with Gasteiger partial charge in [-0.15, -0.1) is 0 Å². The number of amides is 2. The molecule has 3 aromatic rings. The van der Waals surface area contributed by atoms with E-state index >= 15 is 0 Å². The zero-order chi connectivity index (χ0) is 31.1. The molecule has 0 aromatic heterocycles. The van der Waals surface area contributed by atoms with E-state index in [-0.39, 0.29) is 47.5 Å². The number of carbonyl (C=O) groups excluding carboxylic acids is 4. The van der Waals surface area contributed by atoms with Crippen molar-refractivity contribution in [1.29, 1.82) is 0 Å². The van der Waals surface area contributed by atoms with Crippen LogP contribution in [0.5, 0.6) is 11.5 Å². The summed E-state index contributed by atoms with van der Waals surface area (Å²) in [4.78, 5) is 54.6. The van der Waals surface area contributed by atoms with Crippen LogP contribution in [0, 0.1) is 0 Å². The van der Waals surface area contributed by atoms with Gasteiger partial charge in [0.15, 0.2) is 0 Å². The lowest BCUT2D eigenvalue weighted by Gasteiger charge is -2.30. The third kappa shape index (κ3) is 7.84. The van der Waals surface area contributed by atoms with Crippen molar-refractivity contribution in [3.63, 3.8) is 0 Å². The summed E-state index contributed by atoms with van der Waals surface area (Å²) in [6.07, 6.45) is 0. The highest BCUT2D eigenvalue weighted by molar-refractivity contribution is 5.98. The van der Waals surface area contributed by atoms with Gasteiger partial charge in [0.25, 0.3) is 11.8 Å². The first-order valence-electron chi connectivity index (χ1n) is 14.2. The lowest BCUT2D eigenvalue weighted by atomic mass is 10.1. The predicted octanol–water partition coefficient (Wildman–Crippen LogP) is 6.64. The number of esters is 2. The molecule has 0 radical (unpaired) electrons. The first-order chi connectivity index (χ1) is 19.8. The summed E-state index contributed by atoms with van der Waals surface area (Å²) in [6, 6.07) is 19.0. The standard InChI is InChI=1S/C34H40N2O6/c1-21(2)35(22(3)4)31(37)25-9-13-27(14-10-25)33(39)41-29-17-19-30(20-18-29)42-34(40)28-15-11-26(12-16-28)32(38)36(23(5)6)24(7)8/h9-24H,1-8H3. The molecule has 0 atom stereocenters. The van der Waals surface area contributed by atoms with Gasteiger partial charge in [0.2, 0.25) is 0 Å². The summed E-state index contributed by atoms with van der Waals surface area (Å²) < 4.78 is 10.9. The van der Waals surface area contributed by atoms with Crippen molar-refractivity contribution in [2.75, 3.05) is 0 Å². The predicted molar refractivity (Wildman–Crippen MR) is 162 cm³/mol. The topological polar surface area (TPSA) is 93.2 Å². The zero-order valence-corrected chi connectivity index (χ0v) is 25.6. The van der Waals surface area contributed by atoms with Crippen LogP contribution in [-0.2, 0) is 0 Å². The Kier molecular flexibility index (Phi) is 10.6. The summed E-state index contributed by atoms with van der Waals surface area (Å²) in [5.74, 6) is -0.809. The molecule has 8 nitrogen and oxygen atoms in total. The van der Waals surface area contributed by atoms with Crippen LogP contribution in [0.2, 0.25) is 0 Å². The highest BCUT2D eigenvalue weighted by atomic mass is 16.5. The normalized spacial score (nSPS) is 11.1. The van der Waals surface area contributed by atoms with Crippen LogP contribution >= 0.6 is 0 Å². The Labute approximate surface area is 248 Å². The Hall–Kier alpha value is -4.46. The number of ether oxygens (including phenoxy) is 2. The molecular weight excluding hydrogens is 532 g/mol. The molecule has 42 heavy (non-hydrogen) atoms. The Morgan fingerprint density at radius 3 is 0.905 bits per heavy atom. The molecule has 0 saturated carbocycles. The highest BCUT2D eigenvalue weighted by Crippen LogP contribution is 2.21. The molecule has 0 unspecified atom stereocenters. The monoisotopic (exact) mass is 572 g/mol. The average molecular weight is 573 g/mol. The number of hydrogen-bond donors (Lipinski definition) is 0. The van der Waals surface area contributed by atoms with E-state index in [4.69, 9.17) is 9.47 Å². The van der Waals surface area contributed by atoms with Gasteiger partial charge in [-0.25, -0.2) is 9.59 Å². The molecule has 0 saturated heterocycles. The van der Waals surface area contributed by atoms with Crippen molar-refractivity contribution in [1.82, 2.24) is 9.80 Å². The second-order valence-corrected chi connectivity index (χ2v) is 11.2. The molecule has 0 N–H and O–H groups in total. The molecule has 0 heterocycles. The Balaban J connectivity index is 1.60. The van der Waals surface area contributed by atoms with E-state index < -0.39 is 11.9 Å². The van der Waals surface area contributed by atoms with Gasteiger partial charge in [-0.2, -0.15) is 0 Å². The van der Waals surface area contributed by atoms with Crippen molar-refractivity contribution in [2.24, 2.45) is 0 Å². The van der Waals surface area contributed by atoms with E-state index in [2.05, 4.69) is 0 Å². The fraction of sp³-hybridized carbons (Fsp3) is 0.353. The lowest BCUT2D eigenvalue weighted by Crippen LogP contribution is -2.42. The van der Waals surface area contributed by atoms with Gasteiger partial charge < -0.3 is 19.3 Å². The minimum absolute atomic E-state index is 0.0474. The number of nitrogens with zero attached hydrogens (tertiary/aromatic N) is 2. The summed E-state index contributed by atoms with van der Waals surface area (Å²) in [6.45, 7) is 15.7. The van der Waals surface area contributed by atoms with Gasteiger partial charge in [0.1, 0.15) is 11.5 Å². The molecule has 222 valence electrons. The maximum atomic E-state index is 12.9. The number of rotatable bonds is 10. The molecule has 3 aromatic carbocycles. The Bertz CT molecular complexity index is 1270. The minimum atomic E-state index is -0.577. The van der Waals surface area contributed by atoms with Gasteiger partial charge in [-0.1, -0.05) is 0 Å². The third-order valence-corrected chi connectivity index (χ3v) is 6.67. The lowest BCUT2D eigenvalue weighted by molar-refractivity contribution is 0.0634. The fourth-order valence-corrected chi connectivity index (χ4v) is 4.83. The molecule has 0 aliphatic rings. The van der Waals surface area contributed by atoms with Gasteiger partial charge in [0, 0.05) is 35.3 Å². The van der Waals surface area contributed by atoms with Crippen LogP contribution in [-0.4, -0.2) is 57.7 Å². The van der Waals surface area contributed by atoms with E-state index in [1.807, 2.05) is 55.4 Å². The van der Waals surface area contributed by atoms with Crippen molar-refractivity contribution in [3.8, 4) is 11.5 Å². The second kappa shape index (κ2) is 13.9. The maximum absolute atomic E-state index is 12.9. The largest absolute Gasteiger partial charge is 0.423 e. The van der Waals surface area contributed by atoms with E-state index in [0.29, 0.717) is 22.3 Å². The summed E-state index contributed by atoms with van der Waals surface area (Å²) in [5, 5.41) is 0. The molecular formula is C34H40N2O6. The zero-order valence-electron chi connectivity index (χ0n) is 25.6. The van der Waals surface area contributed by atoms with E-state index in [1.165, 1.54) is 24.3 Å². The van der Waals surface area contributed by atoms with Gasteiger partial charge >= 0.3 is 11.9 Å². The van der Waals surface area contributed by atoms with E-state index in [9.17, 15) is 19.2 Å². The van der Waals surface area contributed by atoms with Gasteiger partial charge in [0.05, 0.1) is 11.1 Å². The summed E-state index contributed by atoms with van der Waals surface area (Å²) in [7, 11) is 0. The first kappa shape index (κ1) is 32.1. The number of carbonyl (C=O) groups is 4. The SMILES string of the molecule is CC(C)N(C(=O)c1ccc(C(=O)Oc2ccc(OC(=O)c3ccc(C(=O)N(C(C)C)C(C)C)cc3)cc2)cc1)C(C)C. The van der Waals surface area contributed by atoms with E-state index in [1.54, 1.807) is 58.3 Å². The molecule has 0 aliphatic carbocycles. The molecule has 3 rings (SSSR count). The third-order valence-electron chi connectivity index (χ3n) is 6.67. The van der Waals surface area contributed by atoms with Crippen molar-refractivity contribution >= 4 is 23.8 Å². The van der Waals surface area contributed by atoms with Crippen molar-refractivity contribution in [2.45, 2.75) is 79.6 Å². The van der Waals surface area contributed by atoms with Gasteiger partial charge in [-0.3, -0.25) is 9.59 Å². The second-order valence-electron chi connectivity index (χ2n) is 11.2. The smallest absolute Gasteiger partial charge is 0.343 e. The molecule has 0 aliphatic heterocycles. The molecule has 0 fully saturated rings. The van der Waals surface area contributed by atoms with Crippen LogP contribution in [0.3, 0.4) is 0 Å². The van der Waals surface area contributed by atoms with Crippen LogP contribution in [0.25, 0.3) is 0 Å².